The molecule has 2 aliphatic heterocycles. The van der Waals surface area contributed by atoms with Gasteiger partial charge in [0.15, 0.2) is 0 Å². The van der Waals surface area contributed by atoms with Gasteiger partial charge in [-0.1, -0.05) is 6.92 Å². The van der Waals surface area contributed by atoms with E-state index in [1.54, 1.807) is 0 Å². The third-order valence-corrected chi connectivity index (χ3v) is 5.01. The number of hydrogen-bond donors (Lipinski definition) is 0. The van der Waals surface area contributed by atoms with Crippen molar-refractivity contribution in [2.45, 2.75) is 32.3 Å². The first-order valence-electron chi connectivity index (χ1n) is 8.22. The molecule has 0 atom stereocenters. The molecule has 0 unspecified atom stereocenters. The average Bonchev–Trinajstić information content (AvgIpc) is 2.33. The SMILES string of the molecule is CC1CC2(C1)CN(C(=O)COCCCOC1CN(C)C1)C2. The van der Waals surface area contributed by atoms with Crippen LogP contribution in [0.15, 0.2) is 0 Å². The normalized spacial score (nSPS) is 25.5. The summed E-state index contributed by atoms with van der Waals surface area (Å²) < 4.78 is 11.1. The summed E-state index contributed by atoms with van der Waals surface area (Å²) in [4.78, 5) is 16.1. The predicted molar refractivity (Wildman–Crippen MR) is 80.1 cm³/mol. The number of ether oxygens (including phenoxy) is 2. The van der Waals surface area contributed by atoms with Crippen LogP contribution in [0, 0.1) is 11.3 Å². The number of nitrogens with zero attached hydrogens (tertiary/aromatic N) is 2. The molecule has 120 valence electrons. The van der Waals surface area contributed by atoms with E-state index in [2.05, 4.69) is 18.9 Å². The van der Waals surface area contributed by atoms with Crippen molar-refractivity contribution < 1.29 is 14.3 Å². The molecule has 0 aromatic heterocycles. The van der Waals surface area contributed by atoms with Crippen molar-refractivity contribution in [2.24, 2.45) is 11.3 Å². The van der Waals surface area contributed by atoms with E-state index in [0.29, 0.717) is 18.1 Å². The smallest absolute Gasteiger partial charge is 0.248 e. The number of amides is 1. The molecule has 21 heavy (non-hydrogen) atoms. The lowest BCUT2D eigenvalue weighted by molar-refractivity contribution is -0.159. The van der Waals surface area contributed by atoms with E-state index >= 15 is 0 Å². The largest absolute Gasteiger partial charge is 0.375 e. The second kappa shape index (κ2) is 6.23. The lowest BCUT2D eigenvalue weighted by Crippen LogP contribution is -2.63. The Kier molecular flexibility index (Phi) is 4.52. The Bertz CT molecular complexity index is 368. The third kappa shape index (κ3) is 3.58. The van der Waals surface area contributed by atoms with Crippen molar-refractivity contribution in [1.82, 2.24) is 9.80 Å². The Labute approximate surface area is 127 Å². The molecule has 0 radical (unpaired) electrons. The average molecular weight is 296 g/mol. The molecule has 1 saturated carbocycles. The minimum atomic E-state index is 0.154. The van der Waals surface area contributed by atoms with E-state index in [-0.39, 0.29) is 12.5 Å². The Hall–Kier alpha value is -0.650. The number of likely N-dealkylation sites (tertiary alicyclic amines) is 2. The molecule has 0 aromatic rings. The predicted octanol–water partition coefficient (Wildman–Crippen LogP) is 0.982. The van der Waals surface area contributed by atoms with E-state index < -0.39 is 0 Å². The summed E-state index contributed by atoms with van der Waals surface area (Å²) in [6.45, 7) is 7.86. The van der Waals surface area contributed by atoms with Gasteiger partial charge in [0.05, 0.1) is 6.10 Å². The Morgan fingerprint density at radius 1 is 1.24 bits per heavy atom. The van der Waals surface area contributed by atoms with Crippen LogP contribution in [-0.2, 0) is 14.3 Å². The van der Waals surface area contributed by atoms with Gasteiger partial charge in [-0.05, 0) is 32.2 Å². The van der Waals surface area contributed by atoms with Gasteiger partial charge in [0, 0.05) is 44.8 Å². The summed E-state index contributed by atoms with van der Waals surface area (Å²) in [5, 5.41) is 0. The van der Waals surface area contributed by atoms with E-state index in [0.717, 1.165) is 45.1 Å². The molecular formula is C16H28N2O3. The zero-order valence-corrected chi connectivity index (χ0v) is 13.3. The van der Waals surface area contributed by atoms with Gasteiger partial charge in [-0.2, -0.15) is 0 Å². The quantitative estimate of drug-likeness (QED) is 0.657. The van der Waals surface area contributed by atoms with Crippen LogP contribution in [0.25, 0.3) is 0 Å². The fourth-order valence-electron chi connectivity index (χ4n) is 4.03. The fraction of sp³-hybridized carbons (Fsp3) is 0.938. The summed E-state index contributed by atoms with van der Waals surface area (Å²) in [6, 6.07) is 0. The van der Waals surface area contributed by atoms with Gasteiger partial charge in [0.2, 0.25) is 5.91 Å². The highest BCUT2D eigenvalue weighted by Gasteiger charge is 2.51. The molecule has 0 bridgehead atoms. The van der Waals surface area contributed by atoms with Crippen molar-refractivity contribution >= 4 is 5.91 Å². The highest BCUT2D eigenvalue weighted by atomic mass is 16.5. The molecule has 0 aromatic carbocycles. The molecule has 0 N–H and O–H groups in total. The molecular weight excluding hydrogens is 268 g/mol. The summed E-state index contributed by atoms with van der Waals surface area (Å²) >= 11 is 0. The molecule has 2 heterocycles. The zero-order valence-electron chi connectivity index (χ0n) is 13.3. The Morgan fingerprint density at radius 3 is 2.57 bits per heavy atom. The monoisotopic (exact) mass is 296 g/mol. The first-order valence-corrected chi connectivity index (χ1v) is 8.22. The number of carbonyl (C=O) groups is 1. The number of carbonyl (C=O) groups excluding carboxylic acids is 1. The summed E-state index contributed by atoms with van der Waals surface area (Å²) in [5.74, 6) is 1.01. The van der Waals surface area contributed by atoms with Crippen LogP contribution >= 0.6 is 0 Å². The van der Waals surface area contributed by atoms with Crippen LogP contribution < -0.4 is 0 Å². The molecule has 1 amide bonds. The highest BCUT2D eigenvalue weighted by Crippen LogP contribution is 2.51. The van der Waals surface area contributed by atoms with Gasteiger partial charge in [-0.15, -0.1) is 0 Å². The first kappa shape index (κ1) is 15.3. The van der Waals surface area contributed by atoms with Crippen LogP contribution in [-0.4, -0.2) is 74.9 Å². The van der Waals surface area contributed by atoms with Gasteiger partial charge in [0.25, 0.3) is 0 Å². The molecule has 3 aliphatic rings. The van der Waals surface area contributed by atoms with Gasteiger partial charge in [-0.25, -0.2) is 0 Å². The topological polar surface area (TPSA) is 42.0 Å². The number of hydrogen-bond acceptors (Lipinski definition) is 4. The minimum Gasteiger partial charge on any atom is -0.375 e. The zero-order chi connectivity index (χ0) is 14.9. The first-order chi connectivity index (χ1) is 10.1. The summed E-state index contributed by atoms with van der Waals surface area (Å²) in [6.07, 6.45) is 3.87. The maximum absolute atomic E-state index is 11.9. The van der Waals surface area contributed by atoms with E-state index in [1.807, 2.05) is 4.90 Å². The third-order valence-electron chi connectivity index (χ3n) is 5.01. The van der Waals surface area contributed by atoms with Crippen LogP contribution in [0.4, 0.5) is 0 Å². The molecule has 3 rings (SSSR count). The van der Waals surface area contributed by atoms with E-state index in [9.17, 15) is 4.79 Å². The van der Waals surface area contributed by atoms with Gasteiger partial charge in [0.1, 0.15) is 6.61 Å². The molecule has 1 spiro atoms. The standard InChI is InChI=1S/C16H28N2O3/c1-13-6-16(7-13)11-18(12-16)15(19)10-20-4-3-5-21-14-8-17(2)9-14/h13-14H,3-12H2,1-2H3. The van der Waals surface area contributed by atoms with Crippen molar-refractivity contribution in [2.75, 3.05) is 53.0 Å². The maximum atomic E-state index is 11.9. The van der Waals surface area contributed by atoms with Crippen molar-refractivity contribution in [3.8, 4) is 0 Å². The molecule has 1 aliphatic carbocycles. The second-order valence-corrected chi connectivity index (χ2v) is 7.38. The Balaban J connectivity index is 1.17. The molecule has 5 nitrogen and oxygen atoms in total. The number of likely N-dealkylation sites (N-methyl/N-ethyl adjacent to an activating group) is 1. The van der Waals surface area contributed by atoms with Gasteiger partial charge < -0.3 is 19.3 Å². The lowest BCUT2D eigenvalue weighted by Gasteiger charge is -2.58. The van der Waals surface area contributed by atoms with Crippen LogP contribution in [0.2, 0.25) is 0 Å². The van der Waals surface area contributed by atoms with Gasteiger partial charge >= 0.3 is 0 Å². The fourth-order valence-corrected chi connectivity index (χ4v) is 4.03. The van der Waals surface area contributed by atoms with Crippen molar-refractivity contribution in [3.05, 3.63) is 0 Å². The van der Waals surface area contributed by atoms with Crippen LogP contribution in [0.5, 0.6) is 0 Å². The van der Waals surface area contributed by atoms with E-state index in [1.165, 1.54) is 12.8 Å². The van der Waals surface area contributed by atoms with Crippen molar-refractivity contribution in [1.29, 1.82) is 0 Å². The van der Waals surface area contributed by atoms with Crippen molar-refractivity contribution in [3.63, 3.8) is 0 Å². The second-order valence-electron chi connectivity index (χ2n) is 7.38. The van der Waals surface area contributed by atoms with Gasteiger partial charge in [-0.3, -0.25) is 4.79 Å². The highest BCUT2D eigenvalue weighted by molar-refractivity contribution is 5.78. The Morgan fingerprint density at radius 2 is 1.95 bits per heavy atom. The molecule has 3 fully saturated rings. The summed E-state index contributed by atoms with van der Waals surface area (Å²) in [5.41, 5.74) is 0.485. The van der Waals surface area contributed by atoms with E-state index in [4.69, 9.17) is 9.47 Å². The molecule has 2 saturated heterocycles. The maximum Gasteiger partial charge on any atom is 0.248 e. The lowest BCUT2D eigenvalue weighted by atomic mass is 9.58. The minimum absolute atomic E-state index is 0.154. The number of rotatable bonds is 7. The molecule has 5 heteroatoms. The summed E-state index contributed by atoms with van der Waals surface area (Å²) in [7, 11) is 2.10. The van der Waals surface area contributed by atoms with Crippen LogP contribution in [0.1, 0.15) is 26.2 Å². The van der Waals surface area contributed by atoms with Crippen LogP contribution in [0.3, 0.4) is 0 Å².